The number of nitrogens with two attached hydrogens (primary N) is 1. The van der Waals surface area contributed by atoms with Gasteiger partial charge in [0.2, 0.25) is 0 Å². The highest BCUT2D eigenvalue weighted by Gasteiger charge is 2.05. The zero-order valence-corrected chi connectivity index (χ0v) is 12.6. The van der Waals surface area contributed by atoms with E-state index in [2.05, 4.69) is 15.9 Å². The standard InChI is InChI=1S/C16H17BrFNO/c17-13-4-2-6-16(11-13)20-8-7-15(19)10-12-3-1-5-14(18)9-12/h1-6,9,11,15H,7-8,10,19H2. The van der Waals surface area contributed by atoms with Gasteiger partial charge in [0, 0.05) is 10.5 Å². The molecule has 0 saturated heterocycles. The molecule has 0 aliphatic rings. The lowest BCUT2D eigenvalue weighted by molar-refractivity contribution is 0.297. The molecule has 0 aliphatic carbocycles. The first-order valence-corrected chi connectivity index (χ1v) is 7.31. The third-order valence-electron chi connectivity index (χ3n) is 2.94. The molecule has 0 bridgehead atoms. The number of rotatable bonds is 6. The molecule has 20 heavy (non-hydrogen) atoms. The van der Waals surface area contributed by atoms with E-state index < -0.39 is 0 Å². The van der Waals surface area contributed by atoms with Crippen LogP contribution in [0.2, 0.25) is 0 Å². The second-order valence-electron chi connectivity index (χ2n) is 4.69. The van der Waals surface area contributed by atoms with Crippen molar-refractivity contribution in [2.24, 2.45) is 5.73 Å². The molecule has 0 amide bonds. The molecule has 0 heterocycles. The van der Waals surface area contributed by atoms with Gasteiger partial charge in [-0.3, -0.25) is 0 Å². The summed E-state index contributed by atoms with van der Waals surface area (Å²) in [6.07, 6.45) is 1.38. The van der Waals surface area contributed by atoms with Crippen LogP contribution in [-0.4, -0.2) is 12.6 Å². The Balaban J connectivity index is 1.76. The van der Waals surface area contributed by atoms with Gasteiger partial charge in [-0.25, -0.2) is 4.39 Å². The molecule has 1 atom stereocenters. The molecule has 2 nitrogen and oxygen atoms in total. The van der Waals surface area contributed by atoms with Crippen molar-refractivity contribution >= 4 is 15.9 Å². The van der Waals surface area contributed by atoms with E-state index in [-0.39, 0.29) is 11.9 Å². The first-order valence-electron chi connectivity index (χ1n) is 6.52. The van der Waals surface area contributed by atoms with Crippen LogP contribution >= 0.6 is 15.9 Å². The van der Waals surface area contributed by atoms with Crippen LogP contribution in [-0.2, 0) is 6.42 Å². The predicted octanol–water partition coefficient (Wildman–Crippen LogP) is 3.93. The van der Waals surface area contributed by atoms with Gasteiger partial charge in [-0.05, 0) is 48.7 Å². The van der Waals surface area contributed by atoms with Gasteiger partial charge in [-0.2, -0.15) is 0 Å². The van der Waals surface area contributed by atoms with E-state index in [0.717, 1.165) is 22.2 Å². The normalized spacial score (nSPS) is 12.2. The Kier molecular flexibility index (Phi) is 5.56. The molecule has 4 heteroatoms. The Bertz CT molecular complexity index is 562. The number of ether oxygens (including phenoxy) is 1. The maximum atomic E-state index is 13.1. The second-order valence-corrected chi connectivity index (χ2v) is 5.60. The average Bonchev–Trinajstić information content (AvgIpc) is 2.38. The van der Waals surface area contributed by atoms with Crippen LogP contribution in [0.4, 0.5) is 4.39 Å². The van der Waals surface area contributed by atoms with Crippen molar-refractivity contribution in [1.29, 1.82) is 0 Å². The fourth-order valence-corrected chi connectivity index (χ4v) is 2.33. The molecular formula is C16H17BrFNO. The van der Waals surface area contributed by atoms with Gasteiger partial charge in [0.05, 0.1) is 6.61 Å². The summed E-state index contributed by atoms with van der Waals surface area (Å²) in [5.74, 6) is 0.595. The molecule has 2 N–H and O–H groups in total. The van der Waals surface area contributed by atoms with Crippen LogP contribution in [0.25, 0.3) is 0 Å². The summed E-state index contributed by atoms with van der Waals surface area (Å²) in [6.45, 7) is 0.549. The van der Waals surface area contributed by atoms with Crippen LogP contribution in [0.5, 0.6) is 5.75 Å². The molecule has 2 aromatic rings. The molecule has 0 fully saturated rings. The van der Waals surface area contributed by atoms with E-state index in [1.54, 1.807) is 6.07 Å². The van der Waals surface area contributed by atoms with Gasteiger partial charge < -0.3 is 10.5 Å². The van der Waals surface area contributed by atoms with E-state index in [0.29, 0.717) is 13.0 Å². The third-order valence-corrected chi connectivity index (χ3v) is 3.43. The summed E-state index contributed by atoms with van der Waals surface area (Å²) < 4.78 is 19.7. The summed E-state index contributed by atoms with van der Waals surface area (Å²) in [5, 5.41) is 0. The average molecular weight is 338 g/mol. The summed E-state index contributed by atoms with van der Waals surface area (Å²) in [7, 11) is 0. The first kappa shape index (κ1) is 15.0. The topological polar surface area (TPSA) is 35.2 Å². The number of halogens is 2. The van der Waals surface area contributed by atoms with Crippen LogP contribution in [0.15, 0.2) is 53.0 Å². The molecule has 0 aliphatic heterocycles. The Labute approximate surface area is 126 Å². The number of hydrogen-bond acceptors (Lipinski definition) is 2. The lowest BCUT2D eigenvalue weighted by Crippen LogP contribution is -2.25. The highest BCUT2D eigenvalue weighted by Crippen LogP contribution is 2.18. The fraction of sp³-hybridized carbons (Fsp3) is 0.250. The maximum absolute atomic E-state index is 13.1. The summed E-state index contributed by atoms with van der Waals surface area (Å²) in [6, 6.07) is 14.2. The summed E-state index contributed by atoms with van der Waals surface area (Å²) in [5.41, 5.74) is 6.95. The Morgan fingerprint density at radius 3 is 2.70 bits per heavy atom. The van der Waals surface area contributed by atoms with Crippen molar-refractivity contribution in [1.82, 2.24) is 0 Å². The minimum absolute atomic E-state index is 0.0380. The van der Waals surface area contributed by atoms with Crippen LogP contribution in [0, 0.1) is 5.82 Å². The predicted molar refractivity (Wildman–Crippen MR) is 82.3 cm³/mol. The molecule has 0 saturated carbocycles. The Morgan fingerprint density at radius 1 is 1.15 bits per heavy atom. The van der Waals surface area contributed by atoms with Crippen molar-refractivity contribution in [3.05, 3.63) is 64.4 Å². The number of benzene rings is 2. The largest absolute Gasteiger partial charge is 0.493 e. The SMILES string of the molecule is NC(CCOc1cccc(Br)c1)Cc1cccc(F)c1. The lowest BCUT2D eigenvalue weighted by atomic mass is 10.0. The zero-order chi connectivity index (χ0) is 14.4. The lowest BCUT2D eigenvalue weighted by Gasteiger charge is -2.13. The minimum Gasteiger partial charge on any atom is -0.493 e. The van der Waals surface area contributed by atoms with Crippen LogP contribution in [0.1, 0.15) is 12.0 Å². The Hall–Kier alpha value is -1.39. The van der Waals surface area contributed by atoms with Crippen molar-refractivity contribution in [2.45, 2.75) is 18.9 Å². The van der Waals surface area contributed by atoms with E-state index in [9.17, 15) is 4.39 Å². The quantitative estimate of drug-likeness (QED) is 0.866. The van der Waals surface area contributed by atoms with Crippen molar-refractivity contribution in [2.75, 3.05) is 6.61 Å². The van der Waals surface area contributed by atoms with E-state index >= 15 is 0 Å². The molecule has 1 unspecified atom stereocenters. The molecule has 0 radical (unpaired) electrons. The molecular weight excluding hydrogens is 321 g/mol. The van der Waals surface area contributed by atoms with E-state index in [1.807, 2.05) is 30.3 Å². The highest BCUT2D eigenvalue weighted by molar-refractivity contribution is 9.10. The smallest absolute Gasteiger partial charge is 0.123 e. The van der Waals surface area contributed by atoms with Gasteiger partial charge in [0.1, 0.15) is 11.6 Å². The highest BCUT2D eigenvalue weighted by atomic mass is 79.9. The van der Waals surface area contributed by atoms with Gasteiger partial charge in [-0.15, -0.1) is 0 Å². The van der Waals surface area contributed by atoms with Gasteiger partial charge in [0.25, 0.3) is 0 Å². The third kappa shape index (κ3) is 4.94. The molecule has 0 spiro atoms. The molecule has 106 valence electrons. The second kappa shape index (κ2) is 7.41. The van der Waals surface area contributed by atoms with Gasteiger partial charge >= 0.3 is 0 Å². The maximum Gasteiger partial charge on any atom is 0.123 e. The first-order chi connectivity index (χ1) is 9.63. The van der Waals surface area contributed by atoms with Crippen LogP contribution < -0.4 is 10.5 Å². The molecule has 2 aromatic carbocycles. The summed E-state index contributed by atoms with van der Waals surface area (Å²) in [4.78, 5) is 0. The molecule has 0 aromatic heterocycles. The monoisotopic (exact) mass is 337 g/mol. The van der Waals surface area contributed by atoms with E-state index in [1.165, 1.54) is 12.1 Å². The summed E-state index contributed by atoms with van der Waals surface area (Å²) >= 11 is 3.39. The zero-order valence-electron chi connectivity index (χ0n) is 11.1. The van der Waals surface area contributed by atoms with Gasteiger partial charge in [-0.1, -0.05) is 34.1 Å². The van der Waals surface area contributed by atoms with Gasteiger partial charge in [0.15, 0.2) is 0 Å². The van der Waals surface area contributed by atoms with Crippen molar-refractivity contribution in [3.8, 4) is 5.75 Å². The number of hydrogen-bond donors (Lipinski definition) is 1. The van der Waals surface area contributed by atoms with Crippen molar-refractivity contribution in [3.63, 3.8) is 0 Å². The molecule has 2 rings (SSSR count). The fourth-order valence-electron chi connectivity index (χ4n) is 1.95. The van der Waals surface area contributed by atoms with Crippen LogP contribution in [0.3, 0.4) is 0 Å². The Morgan fingerprint density at radius 2 is 1.95 bits per heavy atom. The van der Waals surface area contributed by atoms with Crippen molar-refractivity contribution < 1.29 is 9.13 Å². The minimum atomic E-state index is -0.222. The van der Waals surface area contributed by atoms with E-state index in [4.69, 9.17) is 10.5 Å².